The molecule has 5 nitrogen and oxygen atoms in total. The summed E-state index contributed by atoms with van der Waals surface area (Å²) in [5, 5.41) is 2.85. The summed E-state index contributed by atoms with van der Waals surface area (Å²) < 4.78 is 21.2. The van der Waals surface area contributed by atoms with Crippen molar-refractivity contribution in [2.45, 2.75) is 6.54 Å². The zero-order valence-corrected chi connectivity index (χ0v) is 15.2. The molecule has 0 radical (unpaired) electrons. The van der Waals surface area contributed by atoms with Crippen molar-refractivity contribution >= 4 is 22.6 Å². The van der Waals surface area contributed by atoms with Gasteiger partial charge in [0.1, 0.15) is 23.9 Å². The summed E-state index contributed by atoms with van der Waals surface area (Å²) >= 11 is 0. The van der Waals surface area contributed by atoms with E-state index >= 15 is 0 Å². The normalized spacial score (nSPS) is 10.8. The second-order valence-electron chi connectivity index (χ2n) is 6.27. The van der Waals surface area contributed by atoms with Crippen LogP contribution in [0.5, 0.6) is 5.75 Å². The highest BCUT2D eigenvalue weighted by Crippen LogP contribution is 2.27. The predicted octanol–water partition coefficient (Wildman–Crippen LogP) is 4.49. The van der Waals surface area contributed by atoms with Gasteiger partial charge in [0.2, 0.25) is 5.91 Å². The number of nitrogens with zero attached hydrogens (tertiary/aromatic N) is 2. The number of aromatic nitrogens is 2. The minimum absolute atomic E-state index is 0.0101. The lowest BCUT2D eigenvalue weighted by Gasteiger charge is -2.11. The maximum absolute atomic E-state index is 14.4. The van der Waals surface area contributed by atoms with E-state index in [9.17, 15) is 9.18 Å². The monoisotopic (exact) mass is 375 g/mol. The van der Waals surface area contributed by atoms with E-state index in [-0.39, 0.29) is 18.3 Å². The van der Waals surface area contributed by atoms with Crippen molar-refractivity contribution in [3.63, 3.8) is 0 Å². The van der Waals surface area contributed by atoms with Crippen molar-refractivity contribution in [3.8, 4) is 17.1 Å². The fourth-order valence-electron chi connectivity index (χ4n) is 3.10. The van der Waals surface area contributed by atoms with Gasteiger partial charge in [-0.1, -0.05) is 24.3 Å². The number of benzene rings is 3. The number of carbonyl (C=O) groups is 1. The standard InChI is InChI=1S/C22H18FN3O2/c1-28-16-12-10-15(11-13-16)24-21(27)14-26-20-9-5-4-8-19(20)25-22(26)17-6-2-3-7-18(17)23/h2-13H,14H2,1H3,(H,24,27). The largest absolute Gasteiger partial charge is 0.497 e. The number of nitrogens with one attached hydrogen (secondary N) is 1. The molecule has 0 bridgehead atoms. The lowest BCUT2D eigenvalue weighted by atomic mass is 10.2. The Morgan fingerprint density at radius 2 is 1.75 bits per heavy atom. The van der Waals surface area contributed by atoms with E-state index in [1.165, 1.54) is 6.07 Å². The van der Waals surface area contributed by atoms with Crippen LogP contribution in [0.4, 0.5) is 10.1 Å². The van der Waals surface area contributed by atoms with Crippen molar-refractivity contribution in [1.29, 1.82) is 0 Å². The van der Waals surface area contributed by atoms with Crippen molar-refractivity contribution in [3.05, 3.63) is 78.6 Å². The SMILES string of the molecule is COc1ccc(NC(=O)Cn2c(-c3ccccc3F)nc3ccccc32)cc1. The van der Waals surface area contributed by atoms with Crippen LogP contribution in [0.2, 0.25) is 0 Å². The summed E-state index contributed by atoms with van der Waals surface area (Å²) in [5.74, 6) is 0.519. The first kappa shape index (κ1) is 17.7. The Morgan fingerprint density at radius 3 is 2.50 bits per heavy atom. The van der Waals surface area contributed by atoms with Gasteiger partial charge in [-0.2, -0.15) is 0 Å². The van der Waals surface area contributed by atoms with Crippen LogP contribution in [0.3, 0.4) is 0 Å². The van der Waals surface area contributed by atoms with Crippen LogP contribution in [0, 0.1) is 5.82 Å². The van der Waals surface area contributed by atoms with E-state index in [1.54, 1.807) is 54.1 Å². The van der Waals surface area contributed by atoms with Gasteiger partial charge in [0.05, 0.1) is 23.7 Å². The van der Waals surface area contributed by atoms with E-state index in [2.05, 4.69) is 10.3 Å². The van der Waals surface area contributed by atoms with Gasteiger partial charge in [0.15, 0.2) is 0 Å². The first-order chi connectivity index (χ1) is 13.7. The van der Waals surface area contributed by atoms with E-state index in [0.29, 0.717) is 28.3 Å². The number of anilines is 1. The van der Waals surface area contributed by atoms with Gasteiger partial charge in [0, 0.05) is 5.69 Å². The van der Waals surface area contributed by atoms with Gasteiger partial charge < -0.3 is 14.6 Å². The molecule has 0 aliphatic heterocycles. The Kier molecular flexibility index (Phi) is 4.76. The molecule has 0 saturated heterocycles. The van der Waals surface area contributed by atoms with Gasteiger partial charge in [-0.05, 0) is 48.5 Å². The molecule has 0 atom stereocenters. The van der Waals surface area contributed by atoms with Crippen LogP contribution in [0.15, 0.2) is 72.8 Å². The molecule has 140 valence electrons. The molecule has 0 unspecified atom stereocenters. The summed E-state index contributed by atoms with van der Waals surface area (Å²) in [6, 6.07) is 20.9. The highest BCUT2D eigenvalue weighted by molar-refractivity contribution is 5.92. The number of carbonyl (C=O) groups excluding carboxylic acids is 1. The van der Waals surface area contributed by atoms with E-state index in [4.69, 9.17) is 4.74 Å². The Bertz CT molecular complexity index is 1140. The third-order valence-corrected chi connectivity index (χ3v) is 4.44. The molecule has 1 aromatic heterocycles. The molecule has 1 amide bonds. The average Bonchev–Trinajstić information content (AvgIpc) is 3.07. The van der Waals surface area contributed by atoms with Crippen LogP contribution < -0.4 is 10.1 Å². The second kappa shape index (κ2) is 7.52. The van der Waals surface area contributed by atoms with Crippen LogP contribution in [-0.4, -0.2) is 22.6 Å². The fourth-order valence-corrected chi connectivity index (χ4v) is 3.10. The summed E-state index contributed by atoms with van der Waals surface area (Å²) in [7, 11) is 1.59. The van der Waals surface area contributed by atoms with Gasteiger partial charge in [-0.15, -0.1) is 0 Å². The third-order valence-electron chi connectivity index (χ3n) is 4.44. The number of ether oxygens (including phenoxy) is 1. The molecular formula is C22H18FN3O2. The number of methoxy groups -OCH3 is 1. The van der Waals surface area contributed by atoms with Crippen LogP contribution in [0.1, 0.15) is 0 Å². The number of fused-ring (bicyclic) bond motifs is 1. The number of para-hydroxylation sites is 2. The van der Waals surface area contributed by atoms with Gasteiger partial charge in [-0.3, -0.25) is 4.79 Å². The van der Waals surface area contributed by atoms with Gasteiger partial charge in [0.25, 0.3) is 0 Å². The van der Waals surface area contributed by atoms with E-state index in [0.717, 1.165) is 5.52 Å². The maximum Gasteiger partial charge on any atom is 0.244 e. The molecule has 0 aliphatic rings. The lowest BCUT2D eigenvalue weighted by Crippen LogP contribution is -2.19. The molecule has 3 aromatic carbocycles. The Morgan fingerprint density at radius 1 is 1.04 bits per heavy atom. The summed E-state index contributed by atoms with van der Waals surface area (Å²) in [4.78, 5) is 17.2. The molecule has 0 fully saturated rings. The molecule has 28 heavy (non-hydrogen) atoms. The van der Waals surface area contributed by atoms with Crippen LogP contribution in [-0.2, 0) is 11.3 Å². The minimum atomic E-state index is -0.380. The topological polar surface area (TPSA) is 56.1 Å². The Labute approximate surface area is 161 Å². The Balaban J connectivity index is 1.68. The van der Waals surface area contributed by atoms with Crippen LogP contribution in [0.25, 0.3) is 22.4 Å². The number of hydrogen-bond acceptors (Lipinski definition) is 3. The summed E-state index contributed by atoms with van der Waals surface area (Å²) in [6.45, 7) is 0.0101. The number of amides is 1. The molecule has 0 spiro atoms. The highest BCUT2D eigenvalue weighted by atomic mass is 19.1. The van der Waals surface area contributed by atoms with Crippen molar-refractivity contribution in [1.82, 2.24) is 9.55 Å². The highest BCUT2D eigenvalue weighted by Gasteiger charge is 2.17. The summed E-state index contributed by atoms with van der Waals surface area (Å²) in [5.41, 5.74) is 2.49. The number of rotatable bonds is 5. The fraction of sp³-hybridized carbons (Fsp3) is 0.0909. The smallest absolute Gasteiger partial charge is 0.244 e. The van der Waals surface area contributed by atoms with Crippen molar-refractivity contribution in [2.75, 3.05) is 12.4 Å². The third kappa shape index (κ3) is 3.44. The van der Waals surface area contributed by atoms with Crippen LogP contribution >= 0.6 is 0 Å². The van der Waals surface area contributed by atoms with Crippen molar-refractivity contribution in [2.24, 2.45) is 0 Å². The quantitative estimate of drug-likeness (QED) is 0.559. The molecular weight excluding hydrogens is 357 g/mol. The lowest BCUT2D eigenvalue weighted by molar-refractivity contribution is -0.116. The minimum Gasteiger partial charge on any atom is -0.497 e. The van der Waals surface area contributed by atoms with E-state index < -0.39 is 0 Å². The van der Waals surface area contributed by atoms with E-state index in [1.807, 2.05) is 24.3 Å². The average molecular weight is 375 g/mol. The van der Waals surface area contributed by atoms with Gasteiger partial charge >= 0.3 is 0 Å². The molecule has 6 heteroatoms. The first-order valence-electron chi connectivity index (χ1n) is 8.80. The number of hydrogen-bond donors (Lipinski definition) is 1. The molecule has 4 aromatic rings. The molecule has 1 N–H and O–H groups in total. The zero-order valence-electron chi connectivity index (χ0n) is 15.2. The van der Waals surface area contributed by atoms with Crippen molar-refractivity contribution < 1.29 is 13.9 Å². The van der Waals surface area contributed by atoms with Gasteiger partial charge in [-0.25, -0.2) is 9.37 Å². The Hall–Kier alpha value is -3.67. The second-order valence-corrected chi connectivity index (χ2v) is 6.27. The molecule has 0 aliphatic carbocycles. The molecule has 4 rings (SSSR count). The number of imidazole rings is 1. The molecule has 0 saturated carbocycles. The zero-order chi connectivity index (χ0) is 19.5. The molecule has 1 heterocycles. The first-order valence-corrected chi connectivity index (χ1v) is 8.80. The number of halogens is 1. The maximum atomic E-state index is 14.4. The summed E-state index contributed by atoms with van der Waals surface area (Å²) in [6.07, 6.45) is 0. The predicted molar refractivity (Wildman–Crippen MR) is 107 cm³/mol.